The number of benzene rings is 3. The Kier molecular flexibility index (Phi) is 7.91. The molecule has 4 amide bonds. The number of phenolic OH excluding ortho intramolecular Hbond substituents is 1. The molecule has 2 aliphatic heterocycles. The second-order valence-corrected chi connectivity index (χ2v) is 11.1. The van der Waals surface area contributed by atoms with Crippen LogP contribution < -0.4 is 5.32 Å². The predicted molar refractivity (Wildman–Crippen MR) is 163 cm³/mol. The Labute approximate surface area is 255 Å². The summed E-state index contributed by atoms with van der Waals surface area (Å²) in [6.45, 7) is 0.926. The zero-order valence-corrected chi connectivity index (χ0v) is 24.3. The van der Waals surface area contributed by atoms with E-state index in [-0.39, 0.29) is 49.7 Å². The lowest BCUT2D eigenvalue weighted by atomic mass is 9.98. The SMILES string of the molecule is C#CCn1cc2cccc(CN3CC4N(C(=O)CN(C)N4C(=O)NCc4ccccc4)[C@@H](Cc4ccc(O)cc4)C3=O)c2n1. The zero-order chi connectivity index (χ0) is 30.8. The minimum atomic E-state index is -0.859. The molecule has 2 aliphatic rings. The summed E-state index contributed by atoms with van der Waals surface area (Å²) < 4.78 is 1.69. The Hall–Kier alpha value is -5.34. The largest absolute Gasteiger partial charge is 0.508 e. The highest BCUT2D eigenvalue weighted by Gasteiger charge is 2.50. The lowest BCUT2D eigenvalue weighted by Crippen LogP contribution is -2.76. The molecule has 1 aromatic heterocycles. The number of hydrogen-bond donors (Lipinski definition) is 2. The highest BCUT2D eigenvalue weighted by molar-refractivity contribution is 5.92. The topological polar surface area (TPSA) is 114 Å². The molecule has 6 rings (SSSR count). The van der Waals surface area contributed by atoms with E-state index in [1.807, 2.05) is 54.7 Å². The molecule has 2 atom stereocenters. The van der Waals surface area contributed by atoms with Gasteiger partial charge in [0, 0.05) is 38.1 Å². The van der Waals surface area contributed by atoms with Gasteiger partial charge in [0.25, 0.3) is 0 Å². The van der Waals surface area contributed by atoms with Gasteiger partial charge in [-0.05, 0) is 28.8 Å². The van der Waals surface area contributed by atoms with E-state index in [1.54, 1.807) is 50.8 Å². The minimum Gasteiger partial charge on any atom is -0.508 e. The molecule has 4 aromatic rings. The molecule has 11 nitrogen and oxygen atoms in total. The number of fused-ring (bicyclic) bond motifs is 2. The van der Waals surface area contributed by atoms with Crippen LogP contribution in [0.25, 0.3) is 10.9 Å². The van der Waals surface area contributed by atoms with Gasteiger partial charge in [-0.2, -0.15) is 5.10 Å². The number of likely N-dealkylation sites (N-methyl/N-ethyl adjacent to an activating group) is 1. The van der Waals surface area contributed by atoms with E-state index in [0.717, 1.165) is 27.6 Å². The van der Waals surface area contributed by atoms with Crippen LogP contribution in [-0.2, 0) is 35.6 Å². The standard InChI is InChI=1S/C33H33N7O4/c1-3-16-38-20-26-11-7-10-25(31(26)35-38)19-37-21-29-39(28(32(37)43)17-23-12-14-27(41)15-13-23)30(42)22-36(2)40(29)33(44)34-18-24-8-5-4-6-9-24/h1,4-15,20,28-29,41H,16-19,21-22H2,2H3,(H,34,44)/t28-,29?/m0/s1. The fourth-order valence-corrected chi connectivity index (χ4v) is 6.02. The number of rotatable bonds is 7. The van der Waals surface area contributed by atoms with E-state index in [1.165, 1.54) is 5.01 Å². The van der Waals surface area contributed by atoms with Crippen molar-refractivity contribution in [2.75, 3.05) is 20.1 Å². The molecule has 0 radical (unpaired) electrons. The lowest BCUT2D eigenvalue weighted by molar-refractivity contribution is -0.187. The maximum atomic E-state index is 14.2. The van der Waals surface area contributed by atoms with Gasteiger partial charge in [0.1, 0.15) is 24.5 Å². The van der Waals surface area contributed by atoms with Crippen molar-refractivity contribution in [1.29, 1.82) is 0 Å². The molecule has 2 N–H and O–H groups in total. The van der Waals surface area contributed by atoms with Crippen molar-refractivity contribution in [3.05, 3.63) is 95.7 Å². The van der Waals surface area contributed by atoms with Crippen LogP contribution in [0.1, 0.15) is 16.7 Å². The molecule has 1 unspecified atom stereocenters. The van der Waals surface area contributed by atoms with Crippen LogP contribution in [0, 0.1) is 12.3 Å². The number of nitrogens with one attached hydrogen (secondary N) is 1. The lowest BCUT2D eigenvalue weighted by Gasteiger charge is -2.54. The summed E-state index contributed by atoms with van der Waals surface area (Å²) in [5.74, 6) is 2.24. The second-order valence-electron chi connectivity index (χ2n) is 11.1. The van der Waals surface area contributed by atoms with Crippen LogP contribution in [0.3, 0.4) is 0 Å². The van der Waals surface area contributed by atoms with E-state index in [9.17, 15) is 19.5 Å². The van der Waals surface area contributed by atoms with Gasteiger partial charge in [-0.3, -0.25) is 14.3 Å². The van der Waals surface area contributed by atoms with Crippen LogP contribution in [0.15, 0.2) is 79.0 Å². The second kappa shape index (κ2) is 12.1. The monoisotopic (exact) mass is 591 g/mol. The third-order valence-corrected chi connectivity index (χ3v) is 8.08. The molecule has 0 aliphatic carbocycles. The van der Waals surface area contributed by atoms with Crippen molar-refractivity contribution in [3.8, 4) is 18.1 Å². The van der Waals surface area contributed by atoms with E-state index >= 15 is 0 Å². The number of aromatic hydroxyl groups is 1. The van der Waals surface area contributed by atoms with Gasteiger partial charge in [0.2, 0.25) is 11.8 Å². The Morgan fingerprint density at radius 3 is 2.57 bits per heavy atom. The highest BCUT2D eigenvalue weighted by Crippen LogP contribution is 2.30. The van der Waals surface area contributed by atoms with Gasteiger partial charge in [-0.25, -0.2) is 14.8 Å². The van der Waals surface area contributed by atoms with Crippen molar-refractivity contribution >= 4 is 28.7 Å². The van der Waals surface area contributed by atoms with Gasteiger partial charge in [-0.1, -0.05) is 66.6 Å². The molecular formula is C33H33N7O4. The predicted octanol–water partition coefficient (Wildman–Crippen LogP) is 2.56. The summed E-state index contributed by atoms with van der Waals surface area (Å²) in [4.78, 5) is 44.7. The summed E-state index contributed by atoms with van der Waals surface area (Å²) in [5.41, 5.74) is 3.29. The maximum absolute atomic E-state index is 14.2. The molecule has 3 aromatic carbocycles. The van der Waals surface area contributed by atoms with Crippen molar-refractivity contribution in [1.82, 2.24) is 34.9 Å². The first-order valence-corrected chi connectivity index (χ1v) is 14.4. The Morgan fingerprint density at radius 1 is 1.05 bits per heavy atom. The van der Waals surface area contributed by atoms with Gasteiger partial charge in [0.05, 0.1) is 18.6 Å². The number of phenols is 1. The van der Waals surface area contributed by atoms with Crippen LogP contribution in [-0.4, -0.2) is 84.9 Å². The number of carbonyl (C=O) groups excluding carboxylic acids is 3. The first-order valence-electron chi connectivity index (χ1n) is 14.4. The third kappa shape index (κ3) is 5.67. The molecule has 0 saturated carbocycles. The molecule has 3 heterocycles. The number of hydrazine groups is 1. The molecule has 2 saturated heterocycles. The van der Waals surface area contributed by atoms with Gasteiger partial charge in [-0.15, -0.1) is 6.42 Å². The van der Waals surface area contributed by atoms with Crippen molar-refractivity contribution in [3.63, 3.8) is 0 Å². The Morgan fingerprint density at radius 2 is 1.82 bits per heavy atom. The third-order valence-electron chi connectivity index (χ3n) is 8.08. The van der Waals surface area contributed by atoms with Crippen molar-refractivity contribution in [2.24, 2.45) is 0 Å². The van der Waals surface area contributed by atoms with Crippen molar-refractivity contribution in [2.45, 2.75) is 38.3 Å². The summed E-state index contributed by atoms with van der Waals surface area (Å²) in [6.07, 6.45) is 6.86. The quantitative estimate of drug-likeness (QED) is 0.320. The van der Waals surface area contributed by atoms with Crippen LogP contribution in [0.5, 0.6) is 5.75 Å². The van der Waals surface area contributed by atoms with Gasteiger partial charge < -0.3 is 20.2 Å². The summed E-state index contributed by atoms with van der Waals surface area (Å²) in [7, 11) is 1.70. The maximum Gasteiger partial charge on any atom is 0.334 e. The smallest absolute Gasteiger partial charge is 0.334 e. The average molecular weight is 592 g/mol. The number of urea groups is 1. The van der Waals surface area contributed by atoms with E-state index in [4.69, 9.17) is 6.42 Å². The molecule has 0 bridgehead atoms. The molecule has 2 fully saturated rings. The number of nitrogens with zero attached hydrogens (tertiary/aromatic N) is 6. The summed E-state index contributed by atoms with van der Waals surface area (Å²) >= 11 is 0. The Bertz CT molecular complexity index is 1730. The summed E-state index contributed by atoms with van der Waals surface area (Å²) in [5, 5.41) is 21.5. The minimum absolute atomic E-state index is 0.0550. The fourth-order valence-electron chi connectivity index (χ4n) is 6.02. The number of amides is 4. The van der Waals surface area contributed by atoms with Crippen LogP contribution >= 0.6 is 0 Å². The fraction of sp³-hybridized carbons (Fsp3) is 0.273. The number of terminal acetylenes is 1. The van der Waals surface area contributed by atoms with E-state index in [0.29, 0.717) is 13.1 Å². The Balaban J connectivity index is 1.34. The first kappa shape index (κ1) is 28.8. The molecular weight excluding hydrogens is 558 g/mol. The number of aromatic nitrogens is 2. The summed E-state index contributed by atoms with van der Waals surface area (Å²) in [6, 6.07) is 20.7. The molecule has 224 valence electrons. The number of carbonyl (C=O) groups is 3. The van der Waals surface area contributed by atoms with Crippen LogP contribution in [0.4, 0.5) is 4.79 Å². The van der Waals surface area contributed by atoms with Gasteiger partial charge in [0.15, 0.2) is 0 Å². The molecule has 44 heavy (non-hydrogen) atoms. The molecule has 0 spiro atoms. The van der Waals surface area contributed by atoms with Crippen LogP contribution in [0.2, 0.25) is 0 Å². The van der Waals surface area contributed by atoms with Crippen molar-refractivity contribution < 1.29 is 19.5 Å². The average Bonchev–Trinajstić information content (AvgIpc) is 3.43. The highest BCUT2D eigenvalue weighted by atomic mass is 16.3. The molecule has 11 heteroatoms. The number of piperazine rings is 1. The van der Waals surface area contributed by atoms with Gasteiger partial charge >= 0.3 is 6.03 Å². The van der Waals surface area contributed by atoms with E-state index < -0.39 is 12.2 Å². The zero-order valence-electron chi connectivity index (χ0n) is 24.3. The van der Waals surface area contributed by atoms with E-state index in [2.05, 4.69) is 16.3 Å². The number of hydrogen-bond acceptors (Lipinski definition) is 6. The normalized spacial score (nSPS) is 18.8. The first-order chi connectivity index (χ1) is 21.3.